The fraction of sp³-hybridized carbons (Fsp3) is 0.297. The number of imidazole rings is 1. The number of aromatic amines is 1. The third-order valence-electron chi connectivity index (χ3n) is 9.50. The van der Waals surface area contributed by atoms with E-state index in [0.29, 0.717) is 18.5 Å². The number of rotatable bonds is 8. The molecule has 2 saturated heterocycles. The van der Waals surface area contributed by atoms with E-state index in [0.717, 1.165) is 48.1 Å². The van der Waals surface area contributed by atoms with Gasteiger partial charge in [0.2, 0.25) is 5.82 Å². The minimum Gasteiger partial charge on any atom is -0.392 e. The quantitative estimate of drug-likeness (QED) is 0.0947. The third-order valence-corrected chi connectivity index (χ3v) is 9.50. The number of benzene rings is 4. The number of H-pyrrole nitrogens is 1. The Morgan fingerprint density at radius 2 is 1.45 bits per heavy atom. The number of nitrogens with one attached hydrogen (secondary N) is 2. The maximum absolute atomic E-state index is 14.2. The Morgan fingerprint density at radius 1 is 0.824 bits per heavy atom. The van der Waals surface area contributed by atoms with Crippen molar-refractivity contribution in [2.24, 2.45) is 0 Å². The number of hydrogen-bond donors (Lipinski definition) is 3. The second kappa shape index (κ2) is 14.4. The highest BCUT2D eigenvalue weighted by Gasteiger charge is 2.35. The van der Waals surface area contributed by atoms with Crippen molar-refractivity contribution in [1.82, 2.24) is 14.5 Å². The van der Waals surface area contributed by atoms with Crippen molar-refractivity contribution in [2.45, 2.75) is 50.4 Å². The van der Waals surface area contributed by atoms with Crippen LogP contribution in [0.2, 0.25) is 0 Å². The monoisotopic (exact) mass is 708 g/mol. The minimum absolute atomic E-state index is 0.0355. The van der Waals surface area contributed by atoms with E-state index < -0.39 is 46.8 Å². The molecule has 0 unspecified atom stereocenters. The molecule has 0 bridgehead atoms. The highest BCUT2D eigenvalue weighted by molar-refractivity contribution is 6.04. The van der Waals surface area contributed by atoms with Crippen LogP contribution in [0.4, 0.5) is 27.6 Å². The first kappa shape index (κ1) is 34.6. The molecule has 3 N–H and O–H groups in total. The molecule has 3 atom stereocenters. The van der Waals surface area contributed by atoms with Crippen molar-refractivity contribution in [3.63, 3.8) is 0 Å². The van der Waals surface area contributed by atoms with Crippen LogP contribution in [0.5, 0.6) is 0 Å². The first-order valence-corrected chi connectivity index (χ1v) is 16.5. The lowest BCUT2D eigenvalue weighted by Crippen LogP contribution is -2.43. The summed E-state index contributed by atoms with van der Waals surface area (Å²) in [7, 11) is 0. The average Bonchev–Trinajstić information content (AvgIpc) is 3.49. The topological polar surface area (TPSA) is 109 Å². The van der Waals surface area contributed by atoms with Gasteiger partial charge in [0, 0.05) is 43.3 Å². The lowest BCUT2D eigenvalue weighted by molar-refractivity contribution is -0.253. The van der Waals surface area contributed by atoms with Gasteiger partial charge in [-0.1, -0.05) is 48.5 Å². The molecule has 2 fully saturated rings. The number of halogens is 5. The number of carbonyl (C=O) groups is 1. The summed E-state index contributed by atoms with van der Waals surface area (Å²) in [5.74, 6) is -12.8. The fourth-order valence-corrected chi connectivity index (χ4v) is 6.84. The maximum Gasteiger partial charge on any atom is 0.326 e. The Balaban J connectivity index is 1.06. The van der Waals surface area contributed by atoms with E-state index in [9.17, 15) is 36.6 Å². The molecule has 2 aliphatic heterocycles. The van der Waals surface area contributed by atoms with E-state index in [1.165, 1.54) is 12.1 Å². The third kappa shape index (κ3) is 6.91. The molecule has 0 saturated carbocycles. The lowest BCUT2D eigenvalue weighted by atomic mass is 9.98. The number of piperidine rings is 1. The van der Waals surface area contributed by atoms with E-state index in [2.05, 4.69) is 15.2 Å². The minimum atomic E-state index is -2.36. The maximum atomic E-state index is 14.2. The summed E-state index contributed by atoms with van der Waals surface area (Å²) in [5.41, 5.74) is 2.20. The molecule has 266 valence electrons. The molecule has 2 aliphatic rings. The van der Waals surface area contributed by atoms with E-state index >= 15 is 0 Å². The second-order valence-electron chi connectivity index (χ2n) is 12.7. The Hall–Kier alpha value is -4.89. The van der Waals surface area contributed by atoms with Gasteiger partial charge in [0.15, 0.2) is 29.6 Å². The van der Waals surface area contributed by atoms with E-state index in [1.54, 1.807) is 12.1 Å². The van der Waals surface area contributed by atoms with Crippen molar-refractivity contribution in [3.05, 3.63) is 135 Å². The summed E-state index contributed by atoms with van der Waals surface area (Å²) in [6, 6.07) is 21.0. The molecule has 5 aromatic rings. The van der Waals surface area contributed by atoms with Crippen molar-refractivity contribution in [3.8, 4) is 0 Å². The van der Waals surface area contributed by atoms with Crippen LogP contribution in [-0.4, -0.2) is 51.2 Å². The summed E-state index contributed by atoms with van der Waals surface area (Å²) in [6.07, 6.45) is 0.586. The van der Waals surface area contributed by atoms with Gasteiger partial charge >= 0.3 is 5.69 Å². The predicted molar refractivity (Wildman–Crippen MR) is 176 cm³/mol. The van der Waals surface area contributed by atoms with Gasteiger partial charge in [-0.05, 0) is 48.2 Å². The Bertz CT molecular complexity index is 2080. The number of nitrogens with zero attached hydrogens (tertiary/aromatic N) is 2. The normalized spacial score (nSPS) is 20.2. The van der Waals surface area contributed by atoms with Gasteiger partial charge in [-0.3, -0.25) is 9.36 Å². The molecular formula is C37H33F5N4O5. The largest absolute Gasteiger partial charge is 0.392 e. The summed E-state index contributed by atoms with van der Waals surface area (Å²) in [5, 5.41) is 11.7. The first-order valence-electron chi connectivity index (χ1n) is 16.5. The van der Waals surface area contributed by atoms with Gasteiger partial charge in [0.25, 0.3) is 5.91 Å². The summed E-state index contributed by atoms with van der Waals surface area (Å²) >= 11 is 0. The number of aliphatic hydroxyl groups excluding tert-OH is 1. The van der Waals surface area contributed by atoms with Crippen LogP contribution in [0.25, 0.3) is 11.0 Å². The number of para-hydroxylation sites is 2. The van der Waals surface area contributed by atoms with Crippen LogP contribution in [0.15, 0.2) is 77.6 Å². The van der Waals surface area contributed by atoms with E-state index in [1.807, 2.05) is 53.1 Å². The highest BCUT2D eigenvalue weighted by atomic mass is 19.2. The number of carbonyl (C=O) groups excluding carboxylic acids is 1. The fourth-order valence-electron chi connectivity index (χ4n) is 6.84. The molecule has 14 heteroatoms. The zero-order valence-electron chi connectivity index (χ0n) is 27.1. The van der Waals surface area contributed by atoms with Crippen LogP contribution >= 0.6 is 0 Å². The van der Waals surface area contributed by atoms with E-state index in [4.69, 9.17) is 9.47 Å². The number of amides is 1. The first-order chi connectivity index (χ1) is 24.6. The van der Waals surface area contributed by atoms with Crippen LogP contribution in [0.1, 0.15) is 64.7 Å². The lowest BCUT2D eigenvalue weighted by Gasteiger charge is -2.40. The standard InChI is InChI=1S/C37H33F5N4O5/c38-30-29(31(39)33(41)34(42)32(30)40)35(48)43-23-11-9-22(10-12-23)36-50-25(17-28(51-36)21-7-5-20(19-47)6-8-21)18-45-15-13-24(14-16-45)46-27-4-2-1-3-26(27)44-37(46)49/h1-12,24-25,28,36,47H,13-19H2,(H,43,48)(H,44,49)/t25-,28+,36+/m1/s1. The SMILES string of the molecule is O=C(Nc1ccc([C@H]2O[C@@H](CN3CCC(n4c(=O)[nH]c5ccccc54)CC3)C[C@@H](c3ccc(CO)cc3)O2)cc1)c1c(F)c(F)c(F)c(F)c1F. The number of fused-ring (bicyclic) bond motifs is 1. The van der Waals surface area contributed by atoms with E-state index in [-0.39, 0.29) is 36.2 Å². The van der Waals surface area contributed by atoms with Crippen molar-refractivity contribution < 1.29 is 41.3 Å². The average molecular weight is 709 g/mol. The molecule has 0 spiro atoms. The van der Waals surface area contributed by atoms with Crippen LogP contribution < -0.4 is 11.0 Å². The molecule has 7 rings (SSSR count). The van der Waals surface area contributed by atoms with Crippen LogP contribution in [0, 0.1) is 29.1 Å². The number of likely N-dealkylation sites (tertiary alicyclic amines) is 1. The van der Waals surface area contributed by atoms with Gasteiger partial charge in [0.05, 0.1) is 29.8 Å². The number of aliphatic hydroxyl groups is 1. The number of aromatic nitrogens is 2. The molecule has 4 aromatic carbocycles. The highest BCUT2D eigenvalue weighted by Crippen LogP contribution is 2.39. The molecule has 51 heavy (non-hydrogen) atoms. The number of hydrogen-bond acceptors (Lipinski definition) is 6. The van der Waals surface area contributed by atoms with Gasteiger partial charge < -0.3 is 29.8 Å². The van der Waals surface area contributed by atoms with Gasteiger partial charge in [-0.2, -0.15) is 0 Å². The summed E-state index contributed by atoms with van der Waals surface area (Å²) in [4.78, 5) is 30.6. The van der Waals surface area contributed by atoms with Gasteiger partial charge in [0.1, 0.15) is 5.56 Å². The Kier molecular flexibility index (Phi) is 9.75. The molecule has 9 nitrogen and oxygen atoms in total. The Morgan fingerprint density at radius 3 is 2.12 bits per heavy atom. The van der Waals surface area contributed by atoms with Crippen molar-refractivity contribution in [2.75, 3.05) is 25.0 Å². The Labute approximate surface area is 288 Å². The van der Waals surface area contributed by atoms with Gasteiger partial charge in [-0.15, -0.1) is 0 Å². The smallest absolute Gasteiger partial charge is 0.326 e. The molecule has 0 radical (unpaired) electrons. The van der Waals surface area contributed by atoms with Crippen LogP contribution in [-0.2, 0) is 16.1 Å². The molecule has 0 aliphatic carbocycles. The molecular weight excluding hydrogens is 675 g/mol. The van der Waals surface area contributed by atoms with Gasteiger partial charge in [-0.25, -0.2) is 26.7 Å². The number of anilines is 1. The molecule has 1 aromatic heterocycles. The molecule has 1 amide bonds. The van der Waals surface area contributed by atoms with Crippen LogP contribution in [0.3, 0.4) is 0 Å². The molecule has 3 heterocycles. The zero-order valence-corrected chi connectivity index (χ0v) is 27.1. The zero-order chi connectivity index (χ0) is 35.8. The predicted octanol–water partition coefficient (Wildman–Crippen LogP) is 6.65. The summed E-state index contributed by atoms with van der Waals surface area (Å²) in [6.45, 7) is 1.98. The second-order valence-corrected chi connectivity index (χ2v) is 12.7. The summed E-state index contributed by atoms with van der Waals surface area (Å²) < 4.78 is 83.9. The van der Waals surface area contributed by atoms with Crippen molar-refractivity contribution in [1.29, 1.82) is 0 Å². The number of ether oxygens (including phenoxy) is 2. The van der Waals surface area contributed by atoms with Crippen molar-refractivity contribution >= 4 is 22.6 Å².